The van der Waals surface area contributed by atoms with Gasteiger partial charge in [0.2, 0.25) is 11.8 Å². The molecule has 5 heteroatoms. The third kappa shape index (κ3) is 7.27. The standard InChI is InChI=1S/C8H17N3O2/c1-6(2)4-10-8(13)5-11-7(12)3-9/h6H,3-5,9H2,1-2H3,(H,10,13)(H,11,12). The molecule has 0 aliphatic rings. The second-order valence-corrected chi connectivity index (χ2v) is 3.18. The molecule has 0 atom stereocenters. The zero-order valence-corrected chi connectivity index (χ0v) is 8.09. The van der Waals surface area contributed by atoms with Crippen LogP contribution in [-0.4, -0.2) is 31.4 Å². The Morgan fingerprint density at radius 2 is 1.85 bits per heavy atom. The molecule has 76 valence electrons. The molecule has 0 heterocycles. The topological polar surface area (TPSA) is 84.2 Å². The molecule has 0 bridgehead atoms. The van der Waals surface area contributed by atoms with Gasteiger partial charge >= 0.3 is 0 Å². The highest BCUT2D eigenvalue weighted by Gasteiger charge is 2.03. The van der Waals surface area contributed by atoms with Crippen LogP contribution in [0.15, 0.2) is 0 Å². The summed E-state index contributed by atoms with van der Waals surface area (Å²) in [4.78, 5) is 21.6. The smallest absolute Gasteiger partial charge is 0.239 e. The van der Waals surface area contributed by atoms with Gasteiger partial charge in [0.1, 0.15) is 0 Å². The number of carbonyl (C=O) groups is 2. The van der Waals surface area contributed by atoms with Gasteiger partial charge in [0.05, 0.1) is 13.1 Å². The molecule has 13 heavy (non-hydrogen) atoms. The summed E-state index contributed by atoms with van der Waals surface area (Å²) >= 11 is 0. The van der Waals surface area contributed by atoms with Crippen molar-refractivity contribution in [2.75, 3.05) is 19.6 Å². The van der Waals surface area contributed by atoms with Crippen molar-refractivity contribution in [3.63, 3.8) is 0 Å². The lowest BCUT2D eigenvalue weighted by molar-refractivity contribution is -0.125. The predicted molar refractivity (Wildman–Crippen MR) is 49.9 cm³/mol. The fraction of sp³-hybridized carbons (Fsp3) is 0.750. The molecule has 0 radical (unpaired) electrons. The largest absolute Gasteiger partial charge is 0.354 e. The number of hydrogen-bond acceptors (Lipinski definition) is 3. The van der Waals surface area contributed by atoms with Crippen LogP contribution in [0.25, 0.3) is 0 Å². The molecule has 0 fully saturated rings. The molecular formula is C8H17N3O2. The first-order valence-corrected chi connectivity index (χ1v) is 4.29. The van der Waals surface area contributed by atoms with Crippen molar-refractivity contribution < 1.29 is 9.59 Å². The Balaban J connectivity index is 3.46. The van der Waals surface area contributed by atoms with Crippen LogP contribution >= 0.6 is 0 Å². The van der Waals surface area contributed by atoms with E-state index in [1.165, 1.54) is 0 Å². The van der Waals surface area contributed by atoms with Crippen LogP contribution in [0.4, 0.5) is 0 Å². The second-order valence-electron chi connectivity index (χ2n) is 3.18. The van der Waals surface area contributed by atoms with Crippen LogP contribution in [0.2, 0.25) is 0 Å². The molecule has 4 N–H and O–H groups in total. The summed E-state index contributed by atoms with van der Waals surface area (Å²) in [7, 11) is 0. The molecular weight excluding hydrogens is 170 g/mol. The number of nitrogens with one attached hydrogen (secondary N) is 2. The quantitative estimate of drug-likeness (QED) is 0.507. The van der Waals surface area contributed by atoms with E-state index in [2.05, 4.69) is 10.6 Å². The minimum absolute atomic E-state index is 0.00273. The van der Waals surface area contributed by atoms with Gasteiger partial charge in [0.25, 0.3) is 0 Å². The maximum Gasteiger partial charge on any atom is 0.239 e. The van der Waals surface area contributed by atoms with Gasteiger partial charge in [-0.15, -0.1) is 0 Å². The summed E-state index contributed by atoms with van der Waals surface area (Å²) in [5.74, 6) is -0.0932. The Morgan fingerprint density at radius 1 is 1.23 bits per heavy atom. The van der Waals surface area contributed by atoms with E-state index >= 15 is 0 Å². The number of nitrogens with two attached hydrogens (primary N) is 1. The predicted octanol–water partition coefficient (Wildman–Crippen LogP) is -1.17. The summed E-state index contributed by atoms with van der Waals surface area (Å²) in [6.07, 6.45) is 0. The number of rotatable bonds is 5. The van der Waals surface area contributed by atoms with Crippen LogP contribution < -0.4 is 16.4 Å². The molecule has 0 aromatic rings. The highest BCUT2D eigenvalue weighted by atomic mass is 16.2. The summed E-state index contributed by atoms with van der Waals surface area (Å²) in [6.45, 7) is 4.54. The summed E-state index contributed by atoms with van der Waals surface area (Å²) < 4.78 is 0. The molecule has 2 amide bonds. The SMILES string of the molecule is CC(C)CNC(=O)CNC(=O)CN. The summed E-state index contributed by atoms with van der Waals surface area (Å²) in [5, 5.41) is 5.05. The summed E-state index contributed by atoms with van der Waals surface area (Å²) in [6, 6.07) is 0. The van der Waals surface area contributed by atoms with E-state index in [4.69, 9.17) is 5.73 Å². The molecule has 0 saturated heterocycles. The Labute approximate surface area is 78.1 Å². The van der Waals surface area contributed by atoms with Crippen LogP contribution in [0.5, 0.6) is 0 Å². The third-order valence-electron chi connectivity index (χ3n) is 1.34. The van der Waals surface area contributed by atoms with E-state index in [-0.39, 0.29) is 24.9 Å². The zero-order valence-electron chi connectivity index (χ0n) is 8.09. The van der Waals surface area contributed by atoms with Gasteiger partial charge in [-0.1, -0.05) is 13.8 Å². The van der Waals surface area contributed by atoms with Crippen molar-refractivity contribution in [2.45, 2.75) is 13.8 Å². The van der Waals surface area contributed by atoms with Gasteiger partial charge in [0.15, 0.2) is 0 Å². The maximum absolute atomic E-state index is 11.0. The first-order valence-electron chi connectivity index (χ1n) is 4.29. The maximum atomic E-state index is 11.0. The molecule has 0 unspecified atom stereocenters. The molecule has 0 aliphatic heterocycles. The molecule has 0 aromatic carbocycles. The molecule has 0 aliphatic carbocycles. The van der Waals surface area contributed by atoms with Crippen LogP contribution in [0, 0.1) is 5.92 Å². The van der Waals surface area contributed by atoms with Gasteiger partial charge in [-0.05, 0) is 5.92 Å². The van der Waals surface area contributed by atoms with Crippen LogP contribution in [0.3, 0.4) is 0 Å². The fourth-order valence-corrected chi connectivity index (χ4v) is 0.631. The second kappa shape index (κ2) is 6.42. The van der Waals surface area contributed by atoms with E-state index in [1.54, 1.807) is 0 Å². The number of amides is 2. The zero-order chi connectivity index (χ0) is 10.3. The van der Waals surface area contributed by atoms with Crippen LogP contribution in [0.1, 0.15) is 13.8 Å². The van der Waals surface area contributed by atoms with Gasteiger partial charge in [-0.3, -0.25) is 9.59 Å². The number of hydrogen-bond donors (Lipinski definition) is 3. The first kappa shape index (κ1) is 11.9. The van der Waals surface area contributed by atoms with Gasteiger partial charge in [-0.25, -0.2) is 0 Å². The van der Waals surface area contributed by atoms with Crippen molar-refractivity contribution in [1.82, 2.24) is 10.6 Å². The third-order valence-corrected chi connectivity index (χ3v) is 1.34. The highest BCUT2D eigenvalue weighted by Crippen LogP contribution is 1.85. The van der Waals surface area contributed by atoms with Crippen LogP contribution in [-0.2, 0) is 9.59 Å². The number of carbonyl (C=O) groups excluding carboxylic acids is 2. The molecule has 0 rings (SSSR count). The summed E-state index contributed by atoms with van der Waals surface area (Å²) in [5.41, 5.74) is 5.04. The Hall–Kier alpha value is -1.10. The lowest BCUT2D eigenvalue weighted by atomic mass is 10.2. The van der Waals surface area contributed by atoms with Gasteiger partial charge in [-0.2, -0.15) is 0 Å². The highest BCUT2D eigenvalue weighted by molar-refractivity contribution is 5.85. The lowest BCUT2D eigenvalue weighted by Gasteiger charge is -2.07. The van der Waals surface area contributed by atoms with Crippen molar-refractivity contribution >= 4 is 11.8 Å². The van der Waals surface area contributed by atoms with E-state index in [0.29, 0.717) is 12.5 Å². The van der Waals surface area contributed by atoms with Gasteiger partial charge in [0, 0.05) is 6.54 Å². The monoisotopic (exact) mass is 187 g/mol. The fourth-order valence-electron chi connectivity index (χ4n) is 0.631. The average Bonchev–Trinajstić information content (AvgIpc) is 2.10. The normalized spacial score (nSPS) is 9.85. The van der Waals surface area contributed by atoms with Crippen molar-refractivity contribution in [1.29, 1.82) is 0 Å². The van der Waals surface area contributed by atoms with E-state index in [1.807, 2.05) is 13.8 Å². The molecule has 0 spiro atoms. The van der Waals surface area contributed by atoms with E-state index < -0.39 is 0 Å². The van der Waals surface area contributed by atoms with Gasteiger partial charge < -0.3 is 16.4 Å². The minimum Gasteiger partial charge on any atom is -0.354 e. The molecule has 0 aromatic heterocycles. The van der Waals surface area contributed by atoms with E-state index in [9.17, 15) is 9.59 Å². The minimum atomic E-state index is -0.320. The van der Waals surface area contributed by atoms with Crippen molar-refractivity contribution in [3.8, 4) is 0 Å². The Bertz CT molecular complexity index is 180. The average molecular weight is 187 g/mol. The van der Waals surface area contributed by atoms with E-state index in [0.717, 1.165) is 0 Å². The Kier molecular flexibility index (Phi) is 5.88. The Morgan fingerprint density at radius 3 is 2.31 bits per heavy atom. The molecule has 0 saturated carbocycles. The van der Waals surface area contributed by atoms with Crippen molar-refractivity contribution in [3.05, 3.63) is 0 Å². The lowest BCUT2D eigenvalue weighted by Crippen LogP contribution is -2.40. The molecule has 5 nitrogen and oxygen atoms in total. The van der Waals surface area contributed by atoms with Crippen molar-refractivity contribution in [2.24, 2.45) is 11.7 Å². The first-order chi connectivity index (χ1) is 6.06.